The van der Waals surface area contributed by atoms with Crippen molar-refractivity contribution in [1.82, 2.24) is 20.2 Å². The summed E-state index contributed by atoms with van der Waals surface area (Å²) in [6.07, 6.45) is 0.177. The lowest BCUT2D eigenvalue weighted by Crippen LogP contribution is -2.50. The zero-order valence-corrected chi connectivity index (χ0v) is 20.7. The van der Waals surface area contributed by atoms with Crippen molar-refractivity contribution in [3.8, 4) is 10.4 Å². The highest BCUT2D eigenvalue weighted by atomic mass is 32.1. The van der Waals surface area contributed by atoms with Gasteiger partial charge in [0, 0.05) is 25.9 Å². The molecule has 182 valence electrons. The summed E-state index contributed by atoms with van der Waals surface area (Å²) in [5.41, 5.74) is 5.57. The summed E-state index contributed by atoms with van der Waals surface area (Å²) in [5.74, 6) is 0.0272. The van der Waals surface area contributed by atoms with Gasteiger partial charge in [0.05, 0.1) is 33.9 Å². The zero-order valence-electron chi connectivity index (χ0n) is 19.9. The van der Waals surface area contributed by atoms with Crippen LogP contribution < -0.4 is 5.32 Å². The molecule has 1 aromatic carbocycles. The fourth-order valence-electron chi connectivity index (χ4n) is 4.63. The standard InChI is InChI=1S/C25H32N4O4S/c1-14(2)22(20-12-33-16(4)28-20)25(32)29-11-19(30)9-21(29)24(31)26-10-17-5-7-18(8-6-17)23-15(3)27-13-34-23/h5-8,12-14,19,21-22,25,30,32H,9-11H2,1-4H3,(H,26,31)/t19-,21+,22-,25?/m1/s1. The molecule has 0 radical (unpaired) electrons. The molecule has 1 aliphatic rings. The van der Waals surface area contributed by atoms with E-state index in [-0.39, 0.29) is 30.7 Å². The summed E-state index contributed by atoms with van der Waals surface area (Å²) in [6.45, 7) is 8.33. The highest BCUT2D eigenvalue weighted by molar-refractivity contribution is 7.13. The number of carbonyl (C=O) groups is 1. The molecule has 1 fully saturated rings. The Morgan fingerprint density at radius 2 is 2.03 bits per heavy atom. The van der Waals surface area contributed by atoms with Gasteiger partial charge in [-0.25, -0.2) is 9.97 Å². The molecule has 1 amide bonds. The Balaban J connectivity index is 1.43. The minimum Gasteiger partial charge on any atom is -0.449 e. The van der Waals surface area contributed by atoms with E-state index in [1.807, 2.05) is 50.5 Å². The smallest absolute Gasteiger partial charge is 0.237 e. The molecule has 1 unspecified atom stereocenters. The first-order valence-corrected chi connectivity index (χ1v) is 12.4. The van der Waals surface area contributed by atoms with Crippen molar-refractivity contribution in [2.24, 2.45) is 5.92 Å². The minimum absolute atomic E-state index is 0.0571. The van der Waals surface area contributed by atoms with Gasteiger partial charge in [0.25, 0.3) is 0 Å². The number of thiazole rings is 1. The summed E-state index contributed by atoms with van der Waals surface area (Å²) in [4.78, 5) is 24.6. The van der Waals surface area contributed by atoms with E-state index in [0.29, 0.717) is 18.1 Å². The van der Waals surface area contributed by atoms with Crippen LogP contribution in [0.5, 0.6) is 0 Å². The molecule has 3 N–H and O–H groups in total. The number of hydrogen-bond donors (Lipinski definition) is 3. The molecule has 2 aromatic heterocycles. The van der Waals surface area contributed by atoms with E-state index in [2.05, 4.69) is 15.3 Å². The number of benzene rings is 1. The predicted molar refractivity (Wildman–Crippen MR) is 130 cm³/mol. The number of aliphatic hydroxyl groups excluding tert-OH is 2. The fraction of sp³-hybridized carbons (Fsp3) is 0.480. The van der Waals surface area contributed by atoms with Gasteiger partial charge >= 0.3 is 0 Å². The summed E-state index contributed by atoms with van der Waals surface area (Å²) in [6, 6.07) is 7.42. The average molecular weight is 485 g/mol. The minimum atomic E-state index is -0.973. The van der Waals surface area contributed by atoms with E-state index in [4.69, 9.17) is 4.42 Å². The lowest BCUT2D eigenvalue weighted by Gasteiger charge is -2.34. The molecule has 0 aliphatic carbocycles. The van der Waals surface area contributed by atoms with E-state index < -0.39 is 18.4 Å². The van der Waals surface area contributed by atoms with Crippen LogP contribution in [-0.2, 0) is 11.3 Å². The van der Waals surface area contributed by atoms with Crippen molar-refractivity contribution in [1.29, 1.82) is 0 Å². The molecular weight excluding hydrogens is 452 g/mol. The summed E-state index contributed by atoms with van der Waals surface area (Å²) in [5, 5.41) is 24.6. The first-order valence-electron chi connectivity index (χ1n) is 11.6. The van der Waals surface area contributed by atoms with Crippen molar-refractivity contribution in [2.75, 3.05) is 6.54 Å². The van der Waals surface area contributed by atoms with Crippen molar-refractivity contribution < 1.29 is 19.4 Å². The monoisotopic (exact) mass is 484 g/mol. The highest BCUT2D eigenvalue weighted by Crippen LogP contribution is 2.33. The third-order valence-electron chi connectivity index (χ3n) is 6.41. The number of carbonyl (C=O) groups excluding carboxylic acids is 1. The van der Waals surface area contributed by atoms with E-state index >= 15 is 0 Å². The Kier molecular flexibility index (Phi) is 7.47. The maximum absolute atomic E-state index is 13.1. The SMILES string of the molecule is Cc1nc([C@@H](C(C)C)C(O)N2C[C@H](O)C[C@H]2C(=O)NCc2ccc(-c3scnc3C)cc2)co1. The number of aliphatic hydroxyl groups is 2. The average Bonchev–Trinajstić information content (AvgIpc) is 3.52. The number of aromatic nitrogens is 2. The third-order valence-corrected chi connectivity index (χ3v) is 7.38. The van der Waals surface area contributed by atoms with Gasteiger partial charge in [-0.1, -0.05) is 38.1 Å². The first kappa shape index (κ1) is 24.5. The van der Waals surface area contributed by atoms with Crippen LogP contribution in [-0.4, -0.2) is 55.9 Å². The Bertz CT molecular complexity index is 1110. The molecule has 4 rings (SSSR count). The maximum Gasteiger partial charge on any atom is 0.237 e. The summed E-state index contributed by atoms with van der Waals surface area (Å²) < 4.78 is 5.36. The lowest BCUT2D eigenvalue weighted by molar-refractivity contribution is -0.131. The normalized spacial score (nSPS) is 20.6. The second kappa shape index (κ2) is 10.4. The van der Waals surface area contributed by atoms with E-state index in [9.17, 15) is 15.0 Å². The number of aryl methyl sites for hydroxylation is 2. The summed E-state index contributed by atoms with van der Waals surface area (Å²) >= 11 is 1.61. The highest BCUT2D eigenvalue weighted by Gasteiger charge is 2.43. The van der Waals surface area contributed by atoms with Crippen LogP contribution in [0.3, 0.4) is 0 Å². The number of rotatable bonds is 8. The van der Waals surface area contributed by atoms with E-state index in [1.165, 1.54) is 0 Å². The topological polar surface area (TPSA) is 112 Å². The summed E-state index contributed by atoms with van der Waals surface area (Å²) in [7, 11) is 0. The number of amides is 1. The Labute approximate surface area is 203 Å². The largest absolute Gasteiger partial charge is 0.449 e. The molecule has 34 heavy (non-hydrogen) atoms. The van der Waals surface area contributed by atoms with Gasteiger partial charge < -0.3 is 19.9 Å². The van der Waals surface area contributed by atoms with Crippen LogP contribution >= 0.6 is 11.3 Å². The molecule has 1 aliphatic heterocycles. The molecule has 1 saturated heterocycles. The van der Waals surface area contributed by atoms with Gasteiger partial charge in [-0.3, -0.25) is 9.69 Å². The molecular formula is C25H32N4O4S. The third kappa shape index (κ3) is 5.22. The van der Waals surface area contributed by atoms with Crippen LogP contribution in [0.2, 0.25) is 0 Å². The van der Waals surface area contributed by atoms with Crippen molar-refractivity contribution in [3.05, 3.63) is 58.9 Å². The maximum atomic E-state index is 13.1. The molecule has 3 aromatic rings. The van der Waals surface area contributed by atoms with Crippen LogP contribution in [0.15, 0.2) is 40.5 Å². The van der Waals surface area contributed by atoms with Crippen LogP contribution in [0.1, 0.15) is 49.0 Å². The predicted octanol–water partition coefficient (Wildman–Crippen LogP) is 3.22. The van der Waals surface area contributed by atoms with Crippen LogP contribution in [0, 0.1) is 19.8 Å². The number of hydrogen-bond acceptors (Lipinski definition) is 8. The van der Waals surface area contributed by atoms with Crippen molar-refractivity contribution in [2.45, 2.75) is 65.0 Å². The second-order valence-electron chi connectivity index (χ2n) is 9.26. The number of oxazole rings is 1. The van der Waals surface area contributed by atoms with Gasteiger partial charge in [-0.15, -0.1) is 11.3 Å². The lowest BCUT2D eigenvalue weighted by atomic mass is 9.90. The fourth-order valence-corrected chi connectivity index (χ4v) is 5.44. The number of β-amino-alcohol motifs (C(OH)–C–C–N with tert-alkyl or cyclic N) is 1. The molecule has 4 atom stereocenters. The Hall–Kier alpha value is -2.59. The van der Waals surface area contributed by atoms with Gasteiger partial charge in [0.15, 0.2) is 5.89 Å². The Morgan fingerprint density at radius 3 is 2.62 bits per heavy atom. The van der Waals surface area contributed by atoms with Crippen molar-refractivity contribution >= 4 is 17.2 Å². The van der Waals surface area contributed by atoms with Crippen LogP contribution in [0.25, 0.3) is 10.4 Å². The van der Waals surface area contributed by atoms with Crippen molar-refractivity contribution in [3.63, 3.8) is 0 Å². The second-order valence-corrected chi connectivity index (χ2v) is 10.1. The molecule has 9 heteroatoms. The van der Waals surface area contributed by atoms with Crippen LogP contribution in [0.4, 0.5) is 0 Å². The molecule has 0 spiro atoms. The number of likely N-dealkylation sites (tertiary alicyclic amines) is 1. The molecule has 8 nitrogen and oxygen atoms in total. The van der Waals surface area contributed by atoms with Gasteiger partial charge in [0.2, 0.25) is 5.91 Å². The number of nitrogens with one attached hydrogen (secondary N) is 1. The zero-order chi connectivity index (χ0) is 24.4. The molecule has 3 heterocycles. The van der Waals surface area contributed by atoms with Gasteiger partial charge in [0.1, 0.15) is 12.5 Å². The van der Waals surface area contributed by atoms with E-state index in [0.717, 1.165) is 21.7 Å². The quantitative estimate of drug-likeness (QED) is 0.450. The van der Waals surface area contributed by atoms with Gasteiger partial charge in [-0.05, 0) is 30.4 Å². The Morgan fingerprint density at radius 1 is 1.29 bits per heavy atom. The molecule has 0 bridgehead atoms. The molecule has 0 saturated carbocycles. The van der Waals surface area contributed by atoms with E-state index in [1.54, 1.807) is 29.4 Å². The van der Waals surface area contributed by atoms with Gasteiger partial charge in [-0.2, -0.15) is 0 Å². The first-order chi connectivity index (χ1) is 16.2. The number of nitrogens with zero attached hydrogens (tertiary/aromatic N) is 3.